The van der Waals surface area contributed by atoms with Gasteiger partial charge in [0, 0.05) is 25.7 Å². The van der Waals surface area contributed by atoms with Crippen molar-refractivity contribution in [2.24, 2.45) is 0 Å². The van der Waals surface area contributed by atoms with E-state index in [2.05, 4.69) is 143 Å². The smallest absolute Gasteiger partial charge is 0.462 e. The number of hydrogen-bond acceptors (Lipinski definition) is 15. The summed E-state index contributed by atoms with van der Waals surface area (Å²) in [4.78, 5) is 72.9. The minimum Gasteiger partial charge on any atom is -0.462 e. The lowest BCUT2D eigenvalue weighted by atomic mass is 10.1. The fraction of sp³-hybridized carbons (Fsp3) is 0.687. The molecule has 19 heteroatoms. The summed E-state index contributed by atoms with van der Waals surface area (Å²) in [5.74, 6) is -2.29. The zero-order valence-electron chi connectivity index (χ0n) is 63.7. The molecule has 0 radical (unpaired) electrons. The number of phosphoric acid groups is 2. The summed E-state index contributed by atoms with van der Waals surface area (Å²) >= 11 is 0. The Labute approximate surface area is 618 Å². The van der Waals surface area contributed by atoms with Gasteiger partial charge in [-0.15, -0.1) is 0 Å². The number of aliphatic hydroxyl groups excluding tert-OH is 1. The van der Waals surface area contributed by atoms with E-state index >= 15 is 0 Å². The second-order valence-electron chi connectivity index (χ2n) is 25.9. The summed E-state index contributed by atoms with van der Waals surface area (Å²) < 4.78 is 68.4. The lowest BCUT2D eigenvalue weighted by Crippen LogP contribution is -2.30. The third-order valence-electron chi connectivity index (χ3n) is 16.1. The van der Waals surface area contributed by atoms with Crippen LogP contribution in [0.4, 0.5) is 0 Å². The van der Waals surface area contributed by atoms with Crippen LogP contribution in [-0.2, 0) is 65.4 Å². The zero-order valence-corrected chi connectivity index (χ0v) is 65.5. The first-order chi connectivity index (χ1) is 49.7. The van der Waals surface area contributed by atoms with Crippen molar-refractivity contribution >= 4 is 39.5 Å². The molecule has 102 heavy (non-hydrogen) atoms. The minimum atomic E-state index is -5.00. The highest BCUT2D eigenvalue weighted by Gasteiger charge is 2.30. The zero-order chi connectivity index (χ0) is 74.6. The van der Waals surface area contributed by atoms with Gasteiger partial charge < -0.3 is 33.8 Å². The highest BCUT2D eigenvalue weighted by molar-refractivity contribution is 7.47. The van der Waals surface area contributed by atoms with E-state index in [4.69, 9.17) is 37.0 Å². The second-order valence-corrected chi connectivity index (χ2v) is 28.8. The minimum absolute atomic E-state index is 0.0307. The molecule has 0 amide bonds. The van der Waals surface area contributed by atoms with E-state index in [0.29, 0.717) is 32.1 Å². The molecule has 17 nitrogen and oxygen atoms in total. The maximum atomic E-state index is 13.1. The van der Waals surface area contributed by atoms with E-state index in [-0.39, 0.29) is 25.7 Å². The molecule has 0 aromatic carbocycles. The molecular formula is C83H140O17P2. The molecule has 0 saturated carbocycles. The maximum absolute atomic E-state index is 13.1. The number of aliphatic hydroxyl groups is 1. The Bertz CT molecular complexity index is 2460. The Morgan fingerprint density at radius 2 is 0.529 bits per heavy atom. The summed E-state index contributed by atoms with van der Waals surface area (Å²) in [6, 6.07) is 0. The predicted octanol–water partition coefficient (Wildman–Crippen LogP) is 22.9. The molecule has 0 fully saturated rings. The monoisotopic (exact) mass is 1470 g/mol. The molecule has 0 rings (SSSR count). The standard InChI is InChI=1S/C83H140O17P2/c1-5-9-13-17-21-25-29-32-35-37-38-40-43-45-49-52-56-60-64-68-81(86)94-74-79(100-83(88)70-66-62-58-54-50-46-41-34-31-27-23-19-15-11-7-3)76-98-102(91,92)96-72-77(84)71-95-101(89,90)97-75-78(99-82(87)69-65-61-57-53-47-28-24-20-16-12-8-4)73-93-80(85)67-63-59-55-51-48-44-42-39-36-33-30-26-22-18-14-10-6-2/h9-10,13-14,21-23,25-27,32-36,38,40-41,45,49,56,60,77-79,84H,5-8,11-12,15-20,24,28-31,37,39,42-44,46-48,50-55,57-59,61-76H2,1-4H3,(H,89,90)(H,91,92)/b13-9-,14-10-,25-21-,26-22-,27-23-,35-32-,36-33-,40-38-,41-34-,49-45-,60-56-. The van der Waals surface area contributed by atoms with Crippen LogP contribution in [0.2, 0.25) is 0 Å². The second kappa shape index (κ2) is 74.5. The number of carbonyl (C=O) groups is 4. The van der Waals surface area contributed by atoms with Gasteiger partial charge in [0.1, 0.15) is 19.3 Å². The van der Waals surface area contributed by atoms with Crippen molar-refractivity contribution in [2.45, 2.75) is 329 Å². The Morgan fingerprint density at radius 3 is 0.863 bits per heavy atom. The molecule has 0 aliphatic rings. The van der Waals surface area contributed by atoms with E-state index in [1.807, 2.05) is 18.2 Å². The van der Waals surface area contributed by atoms with Gasteiger partial charge in [-0.2, -0.15) is 0 Å². The molecule has 0 aliphatic carbocycles. The van der Waals surface area contributed by atoms with Crippen molar-refractivity contribution < 1.29 is 80.2 Å². The summed E-state index contributed by atoms with van der Waals surface area (Å²) in [5.41, 5.74) is 0. The van der Waals surface area contributed by atoms with Crippen LogP contribution in [0.3, 0.4) is 0 Å². The summed E-state index contributed by atoms with van der Waals surface area (Å²) in [5, 5.41) is 10.6. The van der Waals surface area contributed by atoms with Crippen LogP contribution < -0.4 is 0 Å². The van der Waals surface area contributed by atoms with Gasteiger partial charge in [-0.05, 0) is 128 Å². The predicted molar refractivity (Wildman–Crippen MR) is 418 cm³/mol. The number of ether oxygens (including phenoxy) is 4. The maximum Gasteiger partial charge on any atom is 0.472 e. The molecule has 0 aromatic rings. The average Bonchev–Trinajstić information content (AvgIpc) is 0.939. The van der Waals surface area contributed by atoms with Gasteiger partial charge in [-0.25, -0.2) is 9.13 Å². The molecule has 0 spiro atoms. The highest BCUT2D eigenvalue weighted by atomic mass is 31.2. The van der Waals surface area contributed by atoms with E-state index in [0.717, 1.165) is 167 Å². The van der Waals surface area contributed by atoms with Gasteiger partial charge >= 0.3 is 39.5 Å². The number of hydrogen-bond donors (Lipinski definition) is 3. The SMILES string of the molecule is CC/C=C\C/C=C\C/C=C\C/C=C\C/C=C\C/C=C\CCC(=O)OCC(COP(=O)(O)OCC(O)COP(=O)(O)OCC(COC(=O)CCCCCCCCC/C=C\C/C=C\C/C=C\CC)OC(=O)CCCCCCCCCCCCC)OC(=O)CCCCCCC/C=C\C/C=C\CCCCC. The Morgan fingerprint density at radius 1 is 0.284 bits per heavy atom. The van der Waals surface area contributed by atoms with Gasteiger partial charge in [-0.3, -0.25) is 37.3 Å². The van der Waals surface area contributed by atoms with Crippen LogP contribution in [-0.4, -0.2) is 96.7 Å². The third kappa shape index (κ3) is 73.5. The van der Waals surface area contributed by atoms with Gasteiger partial charge in [0.15, 0.2) is 12.2 Å². The summed E-state index contributed by atoms with van der Waals surface area (Å²) in [6.45, 7) is 4.51. The fourth-order valence-corrected chi connectivity index (χ4v) is 11.8. The third-order valence-corrected chi connectivity index (χ3v) is 18.0. The van der Waals surface area contributed by atoms with Crippen LogP contribution in [0.1, 0.15) is 310 Å². The van der Waals surface area contributed by atoms with Crippen LogP contribution >= 0.6 is 15.6 Å². The van der Waals surface area contributed by atoms with Crippen LogP contribution in [0.5, 0.6) is 0 Å². The van der Waals surface area contributed by atoms with Crippen molar-refractivity contribution in [3.8, 4) is 0 Å². The molecule has 0 heterocycles. The molecule has 584 valence electrons. The first-order valence-electron chi connectivity index (χ1n) is 39.4. The number of allylic oxidation sites excluding steroid dienone is 22. The number of unbranched alkanes of at least 4 members (excludes halogenated alkanes) is 25. The number of phosphoric ester groups is 2. The lowest BCUT2D eigenvalue weighted by molar-refractivity contribution is -0.161. The quantitative estimate of drug-likeness (QED) is 0.0169. The van der Waals surface area contributed by atoms with E-state index in [1.165, 1.54) is 57.8 Å². The van der Waals surface area contributed by atoms with E-state index in [9.17, 15) is 43.2 Å². The Balaban J connectivity index is 5.40. The van der Waals surface area contributed by atoms with Gasteiger partial charge in [-0.1, -0.05) is 290 Å². The van der Waals surface area contributed by atoms with Crippen molar-refractivity contribution in [3.63, 3.8) is 0 Å². The summed E-state index contributed by atoms with van der Waals surface area (Å²) in [6.07, 6.45) is 83.1. The number of carbonyl (C=O) groups excluding carboxylic acids is 4. The van der Waals surface area contributed by atoms with E-state index in [1.54, 1.807) is 0 Å². The van der Waals surface area contributed by atoms with Crippen LogP contribution in [0, 0.1) is 0 Å². The summed E-state index contributed by atoms with van der Waals surface area (Å²) in [7, 11) is -9.98. The van der Waals surface area contributed by atoms with Gasteiger partial charge in [0.05, 0.1) is 26.4 Å². The van der Waals surface area contributed by atoms with Crippen molar-refractivity contribution in [2.75, 3.05) is 39.6 Å². The first kappa shape index (κ1) is 97.2. The number of esters is 4. The largest absolute Gasteiger partial charge is 0.472 e. The molecular weight excluding hydrogens is 1330 g/mol. The van der Waals surface area contributed by atoms with Crippen LogP contribution in [0.25, 0.3) is 0 Å². The average molecular weight is 1470 g/mol. The molecule has 3 N–H and O–H groups in total. The topological polar surface area (TPSA) is 237 Å². The Hall–Kier alpha value is -4.80. The van der Waals surface area contributed by atoms with Crippen molar-refractivity contribution in [3.05, 3.63) is 134 Å². The normalized spacial score (nSPS) is 14.6. The molecule has 0 aliphatic heterocycles. The molecule has 0 saturated heterocycles. The lowest BCUT2D eigenvalue weighted by Gasteiger charge is -2.21. The molecule has 5 atom stereocenters. The Kier molecular flexibility index (Phi) is 71.0. The molecule has 5 unspecified atom stereocenters. The number of rotatable bonds is 73. The molecule has 0 aromatic heterocycles. The van der Waals surface area contributed by atoms with E-state index < -0.39 is 97.5 Å². The van der Waals surface area contributed by atoms with Gasteiger partial charge in [0.2, 0.25) is 0 Å². The van der Waals surface area contributed by atoms with Crippen LogP contribution in [0.15, 0.2) is 134 Å². The fourth-order valence-electron chi connectivity index (χ4n) is 10.2. The van der Waals surface area contributed by atoms with Gasteiger partial charge in [0.25, 0.3) is 0 Å². The highest BCUT2D eigenvalue weighted by Crippen LogP contribution is 2.45. The molecule has 0 bridgehead atoms. The van der Waals surface area contributed by atoms with Crippen molar-refractivity contribution in [1.82, 2.24) is 0 Å². The van der Waals surface area contributed by atoms with Crippen molar-refractivity contribution in [1.29, 1.82) is 0 Å². The first-order valence-corrected chi connectivity index (χ1v) is 42.4.